The van der Waals surface area contributed by atoms with Crippen molar-refractivity contribution in [3.63, 3.8) is 0 Å². The lowest BCUT2D eigenvalue weighted by Crippen LogP contribution is -2.46. The quantitative estimate of drug-likeness (QED) is 0.843. The molecule has 2 atom stereocenters. The van der Waals surface area contributed by atoms with E-state index in [-0.39, 0.29) is 24.5 Å². The molecule has 4 rings (SSSR count). The third-order valence-corrected chi connectivity index (χ3v) is 5.52. The van der Waals surface area contributed by atoms with Gasteiger partial charge in [0.05, 0.1) is 6.04 Å². The summed E-state index contributed by atoms with van der Waals surface area (Å²) in [6, 6.07) is 10.7. The van der Waals surface area contributed by atoms with Gasteiger partial charge in [-0.05, 0) is 19.7 Å². The van der Waals surface area contributed by atoms with Gasteiger partial charge >= 0.3 is 0 Å². The summed E-state index contributed by atoms with van der Waals surface area (Å²) in [6.45, 7) is 6.97. The summed E-state index contributed by atoms with van der Waals surface area (Å²) in [5, 5.41) is 7.76. The van der Waals surface area contributed by atoms with Gasteiger partial charge in [-0.15, -0.1) is 12.4 Å². The highest BCUT2D eigenvalue weighted by molar-refractivity contribution is 5.85. The van der Waals surface area contributed by atoms with Gasteiger partial charge in [0.15, 0.2) is 5.82 Å². The molecule has 0 bridgehead atoms. The van der Waals surface area contributed by atoms with Gasteiger partial charge in [0.1, 0.15) is 6.04 Å². The Morgan fingerprint density at radius 1 is 1.07 bits per heavy atom. The third-order valence-electron chi connectivity index (χ3n) is 5.52. The molecule has 2 saturated heterocycles. The Morgan fingerprint density at radius 3 is 2.52 bits per heavy atom. The number of nitrogens with zero attached hydrogens (tertiary/aromatic N) is 5. The highest BCUT2D eigenvalue weighted by atomic mass is 35.5. The zero-order chi connectivity index (χ0) is 17.9. The van der Waals surface area contributed by atoms with Crippen LogP contribution in [-0.4, -0.2) is 84.7 Å². The van der Waals surface area contributed by atoms with Gasteiger partial charge in [0.2, 0.25) is 5.89 Å². The Labute approximate surface area is 167 Å². The Balaban J connectivity index is 0.00000210. The Bertz CT molecular complexity index is 703. The smallest absolute Gasteiger partial charge is 0.248 e. The number of halogens is 1. The molecule has 0 amide bonds. The van der Waals surface area contributed by atoms with E-state index in [0.29, 0.717) is 5.89 Å². The SMILES string of the molecule is CN1CCN(C(c2ccccc2)c2nc(C3CNCCN3C)no2)CC1.Cl. The van der Waals surface area contributed by atoms with Crippen molar-refractivity contribution in [1.29, 1.82) is 0 Å². The Kier molecular flexibility index (Phi) is 6.83. The van der Waals surface area contributed by atoms with Crippen LogP contribution >= 0.6 is 12.4 Å². The van der Waals surface area contributed by atoms with Crippen molar-refractivity contribution in [2.45, 2.75) is 12.1 Å². The summed E-state index contributed by atoms with van der Waals surface area (Å²) in [5.74, 6) is 1.49. The van der Waals surface area contributed by atoms with E-state index < -0.39 is 0 Å². The molecule has 2 aromatic rings. The van der Waals surface area contributed by atoms with Crippen LogP contribution in [-0.2, 0) is 0 Å². The molecule has 3 heterocycles. The van der Waals surface area contributed by atoms with Crippen molar-refractivity contribution in [1.82, 2.24) is 30.2 Å². The number of piperazine rings is 2. The molecule has 2 unspecified atom stereocenters. The predicted molar refractivity (Wildman–Crippen MR) is 107 cm³/mol. The maximum absolute atomic E-state index is 5.79. The van der Waals surface area contributed by atoms with E-state index in [9.17, 15) is 0 Å². The minimum Gasteiger partial charge on any atom is -0.337 e. The lowest BCUT2D eigenvalue weighted by Gasteiger charge is -2.36. The Hall–Kier alpha value is -1.51. The van der Waals surface area contributed by atoms with E-state index in [1.54, 1.807) is 0 Å². The number of nitrogens with one attached hydrogen (secondary N) is 1. The fourth-order valence-corrected chi connectivity index (χ4v) is 3.81. The van der Waals surface area contributed by atoms with Crippen LogP contribution in [0.1, 0.15) is 29.4 Å². The zero-order valence-corrected chi connectivity index (χ0v) is 16.9. The van der Waals surface area contributed by atoms with Crippen molar-refractivity contribution in [3.8, 4) is 0 Å². The zero-order valence-electron chi connectivity index (χ0n) is 16.0. The first-order valence-electron chi connectivity index (χ1n) is 9.44. The summed E-state index contributed by atoms with van der Waals surface area (Å²) < 4.78 is 5.79. The normalized spacial score (nSPS) is 23.7. The van der Waals surface area contributed by atoms with Crippen LogP contribution in [0.5, 0.6) is 0 Å². The fraction of sp³-hybridized carbons (Fsp3) is 0.579. The van der Waals surface area contributed by atoms with Crippen LogP contribution in [0.25, 0.3) is 0 Å². The molecular weight excluding hydrogens is 364 g/mol. The second kappa shape index (κ2) is 9.12. The third kappa shape index (κ3) is 4.50. The molecule has 7 nitrogen and oxygen atoms in total. The second-order valence-electron chi connectivity index (χ2n) is 7.34. The highest BCUT2D eigenvalue weighted by Gasteiger charge is 2.32. The van der Waals surface area contributed by atoms with E-state index in [4.69, 9.17) is 9.51 Å². The molecule has 27 heavy (non-hydrogen) atoms. The van der Waals surface area contributed by atoms with E-state index >= 15 is 0 Å². The van der Waals surface area contributed by atoms with Gasteiger partial charge in [-0.25, -0.2) is 0 Å². The van der Waals surface area contributed by atoms with Crippen molar-refractivity contribution >= 4 is 12.4 Å². The van der Waals surface area contributed by atoms with Crippen LogP contribution < -0.4 is 5.32 Å². The Morgan fingerprint density at radius 2 is 1.81 bits per heavy atom. The number of likely N-dealkylation sites (N-methyl/N-ethyl adjacent to an activating group) is 2. The molecule has 0 spiro atoms. The van der Waals surface area contributed by atoms with Crippen molar-refractivity contribution in [2.75, 3.05) is 59.9 Å². The molecule has 1 aromatic heterocycles. The average molecular weight is 393 g/mol. The lowest BCUT2D eigenvalue weighted by molar-refractivity contribution is 0.111. The molecule has 0 saturated carbocycles. The summed E-state index contributed by atoms with van der Waals surface area (Å²) in [7, 11) is 4.29. The number of aromatic nitrogens is 2. The van der Waals surface area contributed by atoms with Crippen LogP contribution in [0.4, 0.5) is 0 Å². The first-order chi connectivity index (χ1) is 12.7. The summed E-state index contributed by atoms with van der Waals surface area (Å²) in [5.41, 5.74) is 1.21. The molecule has 1 N–H and O–H groups in total. The van der Waals surface area contributed by atoms with Gasteiger partial charge in [0, 0.05) is 45.8 Å². The van der Waals surface area contributed by atoms with Crippen LogP contribution in [0.3, 0.4) is 0 Å². The van der Waals surface area contributed by atoms with Gasteiger partial charge < -0.3 is 14.7 Å². The van der Waals surface area contributed by atoms with Crippen LogP contribution in [0.2, 0.25) is 0 Å². The molecule has 1 aromatic carbocycles. The minimum atomic E-state index is 0. The van der Waals surface area contributed by atoms with Crippen LogP contribution in [0, 0.1) is 0 Å². The van der Waals surface area contributed by atoms with E-state index in [2.05, 4.69) is 63.5 Å². The summed E-state index contributed by atoms with van der Waals surface area (Å²) in [4.78, 5) is 11.9. The fourth-order valence-electron chi connectivity index (χ4n) is 3.81. The van der Waals surface area contributed by atoms with Gasteiger partial charge in [-0.1, -0.05) is 35.5 Å². The molecule has 148 valence electrons. The minimum absolute atomic E-state index is 0. The predicted octanol–water partition coefficient (Wildman–Crippen LogP) is 1.40. The topological polar surface area (TPSA) is 60.7 Å². The highest BCUT2D eigenvalue weighted by Crippen LogP contribution is 2.29. The maximum Gasteiger partial charge on any atom is 0.248 e. The summed E-state index contributed by atoms with van der Waals surface area (Å²) in [6.07, 6.45) is 0. The van der Waals surface area contributed by atoms with E-state index in [0.717, 1.165) is 51.6 Å². The van der Waals surface area contributed by atoms with Gasteiger partial charge in [0.25, 0.3) is 0 Å². The number of hydrogen-bond donors (Lipinski definition) is 1. The monoisotopic (exact) mass is 392 g/mol. The molecule has 0 radical (unpaired) electrons. The van der Waals surface area contributed by atoms with E-state index in [1.165, 1.54) is 5.56 Å². The maximum atomic E-state index is 5.79. The lowest BCUT2D eigenvalue weighted by atomic mass is 10.0. The second-order valence-corrected chi connectivity index (χ2v) is 7.34. The molecule has 8 heteroatoms. The summed E-state index contributed by atoms with van der Waals surface area (Å²) >= 11 is 0. The molecule has 0 aliphatic carbocycles. The van der Waals surface area contributed by atoms with Crippen molar-refractivity contribution in [2.24, 2.45) is 0 Å². The molecule has 2 aliphatic rings. The van der Waals surface area contributed by atoms with Gasteiger partial charge in [-0.2, -0.15) is 4.98 Å². The molecule has 2 fully saturated rings. The number of hydrogen-bond acceptors (Lipinski definition) is 7. The average Bonchev–Trinajstić information content (AvgIpc) is 3.14. The molecule has 2 aliphatic heterocycles. The van der Waals surface area contributed by atoms with Crippen molar-refractivity contribution in [3.05, 3.63) is 47.6 Å². The first kappa shape index (κ1) is 20.2. The first-order valence-corrected chi connectivity index (χ1v) is 9.44. The van der Waals surface area contributed by atoms with Gasteiger partial charge in [-0.3, -0.25) is 9.80 Å². The van der Waals surface area contributed by atoms with Crippen molar-refractivity contribution < 1.29 is 4.52 Å². The standard InChI is InChI=1S/C19H28N6O.ClH/c1-23-10-12-25(13-11-23)17(15-6-4-3-5-7-15)19-21-18(22-26-19)16-14-20-8-9-24(16)2;/h3-7,16-17,20H,8-14H2,1-2H3;1H. The largest absolute Gasteiger partial charge is 0.337 e. The number of benzene rings is 1. The molecular formula is C19H29ClN6O. The number of rotatable bonds is 4. The van der Waals surface area contributed by atoms with E-state index in [1.807, 2.05) is 6.07 Å². The van der Waals surface area contributed by atoms with Crippen LogP contribution in [0.15, 0.2) is 34.9 Å².